The highest BCUT2D eigenvalue weighted by molar-refractivity contribution is 5.19. The van der Waals surface area contributed by atoms with Crippen LogP contribution in [0.1, 0.15) is 24.0 Å². The van der Waals surface area contributed by atoms with Gasteiger partial charge in [0.05, 0.1) is 0 Å². The van der Waals surface area contributed by atoms with Gasteiger partial charge in [-0.05, 0) is 13.8 Å². The number of aromatic amines is 1. The van der Waals surface area contributed by atoms with Crippen LogP contribution in [0, 0.1) is 6.92 Å². The van der Waals surface area contributed by atoms with Crippen LogP contribution in [0.15, 0.2) is 4.79 Å². The highest BCUT2D eigenvalue weighted by Crippen LogP contribution is 2.28. The first-order valence-electron chi connectivity index (χ1n) is 4.64. The molecule has 7 heteroatoms. The Balaban J connectivity index is 3.28. The van der Waals surface area contributed by atoms with Crippen LogP contribution in [-0.4, -0.2) is 16.0 Å². The van der Waals surface area contributed by atoms with Gasteiger partial charge in [0.15, 0.2) is 5.69 Å². The van der Waals surface area contributed by atoms with E-state index in [1.54, 1.807) is 6.92 Å². The average Bonchev–Trinajstić information content (AvgIpc) is 2.08. The van der Waals surface area contributed by atoms with Gasteiger partial charge in [-0.2, -0.15) is 13.2 Å². The molecule has 0 radical (unpaired) electrons. The van der Waals surface area contributed by atoms with Crippen molar-refractivity contribution in [2.45, 2.75) is 32.5 Å². The van der Waals surface area contributed by atoms with Gasteiger partial charge >= 0.3 is 6.18 Å². The van der Waals surface area contributed by atoms with E-state index in [0.29, 0.717) is 0 Å². The molecule has 1 heterocycles. The van der Waals surface area contributed by atoms with E-state index in [0.717, 1.165) is 6.92 Å². The quantitative estimate of drug-likeness (QED) is 0.802. The molecular formula is C9H12F3N3O. The third-order valence-corrected chi connectivity index (χ3v) is 1.98. The predicted octanol–water partition coefficient (Wildman–Crippen LogP) is 0.987. The maximum absolute atomic E-state index is 12.5. The molecule has 0 spiro atoms. The van der Waals surface area contributed by atoms with Crippen molar-refractivity contribution in [2.75, 3.05) is 0 Å². The van der Waals surface area contributed by atoms with Gasteiger partial charge in [-0.1, -0.05) is 0 Å². The third kappa shape index (κ3) is 2.82. The molecule has 4 nitrogen and oxygen atoms in total. The molecule has 0 saturated carbocycles. The van der Waals surface area contributed by atoms with Gasteiger partial charge in [0.25, 0.3) is 5.56 Å². The highest BCUT2D eigenvalue weighted by Gasteiger charge is 2.35. The molecule has 1 rings (SSSR count). The monoisotopic (exact) mass is 235 g/mol. The van der Waals surface area contributed by atoms with Crippen LogP contribution in [0.5, 0.6) is 0 Å². The Labute approximate surface area is 89.7 Å². The lowest BCUT2D eigenvalue weighted by atomic mass is 10.2. The van der Waals surface area contributed by atoms with Crippen molar-refractivity contribution < 1.29 is 13.2 Å². The number of H-pyrrole nitrogens is 1. The Kier molecular flexibility index (Phi) is 3.37. The summed E-state index contributed by atoms with van der Waals surface area (Å²) in [6.45, 7) is 2.71. The number of hydrogen-bond donors (Lipinski definition) is 2. The van der Waals surface area contributed by atoms with Crippen molar-refractivity contribution >= 4 is 0 Å². The number of aromatic nitrogens is 2. The second-order valence-electron chi connectivity index (χ2n) is 3.67. The molecule has 0 aromatic carbocycles. The number of nitrogens with zero attached hydrogens (tertiary/aromatic N) is 1. The Morgan fingerprint density at radius 3 is 2.50 bits per heavy atom. The van der Waals surface area contributed by atoms with E-state index in [1.807, 2.05) is 0 Å². The summed E-state index contributed by atoms with van der Waals surface area (Å²) in [4.78, 5) is 16.9. The minimum atomic E-state index is -4.62. The zero-order valence-electron chi connectivity index (χ0n) is 8.85. The van der Waals surface area contributed by atoms with Crippen LogP contribution >= 0.6 is 0 Å². The minimum Gasteiger partial charge on any atom is -0.328 e. The Morgan fingerprint density at radius 2 is 2.06 bits per heavy atom. The second-order valence-corrected chi connectivity index (χ2v) is 3.67. The lowest BCUT2D eigenvalue weighted by Crippen LogP contribution is -2.26. The van der Waals surface area contributed by atoms with Crippen LogP contribution in [0.2, 0.25) is 0 Å². The van der Waals surface area contributed by atoms with Crippen molar-refractivity contribution in [2.24, 2.45) is 5.73 Å². The fraction of sp³-hybridized carbons (Fsp3) is 0.556. The van der Waals surface area contributed by atoms with Gasteiger partial charge < -0.3 is 10.7 Å². The minimum absolute atomic E-state index is 0.0436. The number of rotatable bonds is 2. The summed E-state index contributed by atoms with van der Waals surface area (Å²) < 4.78 is 37.5. The van der Waals surface area contributed by atoms with E-state index in [-0.39, 0.29) is 18.3 Å². The van der Waals surface area contributed by atoms with Gasteiger partial charge in [0, 0.05) is 18.0 Å². The zero-order valence-corrected chi connectivity index (χ0v) is 8.85. The molecule has 1 unspecified atom stereocenters. The van der Waals surface area contributed by atoms with Crippen LogP contribution < -0.4 is 11.3 Å². The molecule has 1 aromatic rings. The van der Waals surface area contributed by atoms with E-state index >= 15 is 0 Å². The number of hydrogen-bond acceptors (Lipinski definition) is 3. The van der Waals surface area contributed by atoms with Gasteiger partial charge in [0.2, 0.25) is 0 Å². The van der Waals surface area contributed by atoms with Crippen LogP contribution in [0.3, 0.4) is 0 Å². The van der Waals surface area contributed by atoms with Crippen LogP contribution in [0.25, 0.3) is 0 Å². The maximum atomic E-state index is 12.5. The van der Waals surface area contributed by atoms with E-state index in [9.17, 15) is 18.0 Å². The van der Waals surface area contributed by atoms with Gasteiger partial charge in [0.1, 0.15) is 5.82 Å². The molecular weight excluding hydrogens is 223 g/mol. The third-order valence-electron chi connectivity index (χ3n) is 1.98. The molecule has 0 aliphatic carbocycles. The average molecular weight is 235 g/mol. The Bertz CT molecular complexity index is 437. The van der Waals surface area contributed by atoms with E-state index in [4.69, 9.17) is 5.73 Å². The van der Waals surface area contributed by atoms with E-state index in [2.05, 4.69) is 9.97 Å². The molecule has 0 aliphatic heterocycles. The van der Waals surface area contributed by atoms with E-state index < -0.39 is 23.0 Å². The lowest BCUT2D eigenvalue weighted by molar-refractivity contribution is -0.142. The van der Waals surface area contributed by atoms with Crippen LogP contribution in [0.4, 0.5) is 13.2 Å². The molecule has 0 bridgehead atoms. The van der Waals surface area contributed by atoms with E-state index in [1.165, 1.54) is 0 Å². The summed E-state index contributed by atoms with van der Waals surface area (Å²) in [5.74, 6) is -0.0436. The summed E-state index contributed by atoms with van der Waals surface area (Å²) >= 11 is 0. The Morgan fingerprint density at radius 1 is 1.50 bits per heavy atom. The highest BCUT2D eigenvalue weighted by atomic mass is 19.4. The molecule has 0 amide bonds. The second kappa shape index (κ2) is 4.25. The molecule has 0 saturated heterocycles. The molecule has 1 aromatic heterocycles. The topological polar surface area (TPSA) is 71.8 Å². The SMILES string of the molecule is Cc1c(C(F)(F)F)nc(CC(C)N)[nH]c1=O. The summed E-state index contributed by atoms with van der Waals surface area (Å²) in [7, 11) is 0. The Hall–Kier alpha value is -1.37. The summed E-state index contributed by atoms with van der Waals surface area (Å²) in [5.41, 5.74) is 3.07. The van der Waals surface area contributed by atoms with Crippen molar-refractivity contribution in [3.05, 3.63) is 27.4 Å². The maximum Gasteiger partial charge on any atom is 0.433 e. The number of halogens is 3. The first kappa shape index (κ1) is 12.7. The molecule has 1 atom stereocenters. The number of alkyl halides is 3. The van der Waals surface area contributed by atoms with Crippen molar-refractivity contribution in [1.82, 2.24) is 9.97 Å². The molecule has 16 heavy (non-hydrogen) atoms. The van der Waals surface area contributed by atoms with Gasteiger partial charge in [-0.15, -0.1) is 0 Å². The smallest absolute Gasteiger partial charge is 0.328 e. The fourth-order valence-corrected chi connectivity index (χ4v) is 1.26. The van der Waals surface area contributed by atoms with Crippen molar-refractivity contribution in [1.29, 1.82) is 0 Å². The van der Waals surface area contributed by atoms with Crippen LogP contribution in [-0.2, 0) is 12.6 Å². The van der Waals surface area contributed by atoms with Crippen molar-refractivity contribution in [3.63, 3.8) is 0 Å². The first-order chi connectivity index (χ1) is 7.21. The largest absolute Gasteiger partial charge is 0.433 e. The molecule has 90 valence electrons. The fourth-order valence-electron chi connectivity index (χ4n) is 1.26. The van der Waals surface area contributed by atoms with Crippen molar-refractivity contribution in [3.8, 4) is 0 Å². The summed E-state index contributed by atoms with van der Waals surface area (Å²) in [5, 5.41) is 0. The molecule has 0 aliphatic rings. The number of nitrogens with one attached hydrogen (secondary N) is 1. The van der Waals surface area contributed by atoms with Gasteiger partial charge in [-0.3, -0.25) is 4.79 Å². The predicted molar refractivity (Wildman–Crippen MR) is 52.0 cm³/mol. The molecule has 3 N–H and O–H groups in total. The normalized spacial score (nSPS) is 13.9. The zero-order chi connectivity index (χ0) is 12.5. The lowest BCUT2D eigenvalue weighted by Gasteiger charge is -2.11. The summed E-state index contributed by atoms with van der Waals surface area (Å²) in [6.07, 6.45) is -4.52. The first-order valence-corrected chi connectivity index (χ1v) is 4.64. The molecule has 0 fully saturated rings. The standard InChI is InChI=1S/C9H12F3N3O/c1-4(13)3-6-14-7(9(10,11)12)5(2)8(16)15-6/h4H,3,13H2,1-2H3,(H,14,15,16). The summed E-state index contributed by atoms with van der Waals surface area (Å²) in [6, 6.07) is -0.369. The van der Waals surface area contributed by atoms with Gasteiger partial charge in [-0.25, -0.2) is 4.98 Å². The number of nitrogens with two attached hydrogens (primary N) is 1.